The van der Waals surface area contributed by atoms with Crippen LogP contribution in [-0.4, -0.2) is 41.6 Å². The Morgan fingerprint density at radius 1 is 1.35 bits per heavy atom. The van der Waals surface area contributed by atoms with Gasteiger partial charge in [-0.2, -0.15) is 5.10 Å². The van der Waals surface area contributed by atoms with Crippen LogP contribution in [0.15, 0.2) is 39.5 Å². The highest BCUT2D eigenvalue weighted by Crippen LogP contribution is 2.34. The summed E-state index contributed by atoms with van der Waals surface area (Å²) in [5, 5.41) is 4.59. The Labute approximate surface area is 121 Å². The fraction of sp³-hybridized carbons (Fsp3) is 0.273. The van der Waals surface area contributed by atoms with Gasteiger partial charge in [-0.25, -0.2) is 22.4 Å². The van der Waals surface area contributed by atoms with Crippen molar-refractivity contribution in [3.8, 4) is 0 Å². The minimum atomic E-state index is -3.57. The topological polar surface area (TPSA) is 94.1 Å². The van der Waals surface area contributed by atoms with Gasteiger partial charge < -0.3 is 5.73 Å². The molecule has 0 aliphatic rings. The second-order valence-corrected chi connectivity index (χ2v) is 7.35. The van der Waals surface area contributed by atoms with Crippen molar-refractivity contribution in [2.75, 3.05) is 19.8 Å². The molecular formula is C11H15N5O2S2. The molecule has 0 spiro atoms. The van der Waals surface area contributed by atoms with Gasteiger partial charge in [0.05, 0.1) is 5.69 Å². The van der Waals surface area contributed by atoms with Gasteiger partial charge in [0.25, 0.3) is 0 Å². The van der Waals surface area contributed by atoms with Crippen LogP contribution in [0.4, 0.5) is 5.69 Å². The van der Waals surface area contributed by atoms with E-state index in [4.69, 9.17) is 5.73 Å². The molecule has 0 atom stereocenters. The Balaban J connectivity index is 2.46. The van der Waals surface area contributed by atoms with E-state index < -0.39 is 10.0 Å². The van der Waals surface area contributed by atoms with Crippen LogP contribution in [0.5, 0.6) is 0 Å². The Kier molecular flexibility index (Phi) is 4.02. The fourth-order valence-electron chi connectivity index (χ4n) is 1.51. The second kappa shape index (κ2) is 5.43. The summed E-state index contributed by atoms with van der Waals surface area (Å²) in [6, 6.07) is 4.90. The monoisotopic (exact) mass is 313 g/mol. The number of hydrogen-bond donors (Lipinski definition) is 1. The standard InChI is InChI=1S/C11H15N5O2S2/c1-15(2)20(17,18)9-6-4-5-8(10(9)12)19-11-13-7-14-16(11)3/h4-7H,12H2,1-3H3. The van der Waals surface area contributed by atoms with Gasteiger partial charge in [-0.3, -0.25) is 0 Å². The normalized spacial score (nSPS) is 12.0. The van der Waals surface area contributed by atoms with Gasteiger partial charge in [-0.1, -0.05) is 6.07 Å². The number of hydrogen-bond acceptors (Lipinski definition) is 6. The third-order valence-electron chi connectivity index (χ3n) is 2.66. The van der Waals surface area contributed by atoms with Gasteiger partial charge in [-0.05, 0) is 23.9 Å². The molecule has 2 aromatic rings. The summed E-state index contributed by atoms with van der Waals surface area (Å²) < 4.78 is 27.1. The van der Waals surface area contributed by atoms with Crippen LogP contribution in [0.1, 0.15) is 0 Å². The number of anilines is 1. The largest absolute Gasteiger partial charge is 0.397 e. The van der Waals surface area contributed by atoms with Crippen molar-refractivity contribution in [3.63, 3.8) is 0 Å². The van der Waals surface area contributed by atoms with Gasteiger partial charge >= 0.3 is 0 Å². The van der Waals surface area contributed by atoms with Crippen LogP contribution in [0.2, 0.25) is 0 Å². The van der Waals surface area contributed by atoms with E-state index in [1.807, 2.05) is 0 Å². The number of nitrogens with two attached hydrogens (primary N) is 1. The van der Waals surface area contributed by atoms with Crippen molar-refractivity contribution in [2.24, 2.45) is 7.05 Å². The molecule has 1 aromatic carbocycles. The van der Waals surface area contributed by atoms with Crippen LogP contribution in [0.3, 0.4) is 0 Å². The molecule has 0 saturated heterocycles. The lowest BCUT2D eigenvalue weighted by atomic mass is 10.3. The van der Waals surface area contributed by atoms with Crippen molar-refractivity contribution in [1.29, 1.82) is 0 Å². The van der Waals surface area contributed by atoms with Crippen LogP contribution >= 0.6 is 11.8 Å². The van der Waals surface area contributed by atoms with Crippen molar-refractivity contribution >= 4 is 27.5 Å². The van der Waals surface area contributed by atoms with Gasteiger partial charge in [-0.15, -0.1) is 0 Å². The van der Waals surface area contributed by atoms with Crippen molar-refractivity contribution in [1.82, 2.24) is 19.1 Å². The van der Waals surface area contributed by atoms with E-state index >= 15 is 0 Å². The van der Waals surface area contributed by atoms with E-state index in [0.717, 1.165) is 4.31 Å². The maximum atomic E-state index is 12.2. The molecule has 0 aliphatic heterocycles. The van der Waals surface area contributed by atoms with Crippen LogP contribution in [0, 0.1) is 0 Å². The summed E-state index contributed by atoms with van der Waals surface area (Å²) in [7, 11) is 1.13. The molecule has 2 N–H and O–H groups in total. The number of benzene rings is 1. The van der Waals surface area contributed by atoms with Crippen molar-refractivity contribution < 1.29 is 8.42 Å². The molecule has 1 heterocycles. The minimum Gasteiger partial charge on any atom is -0.397 e. The molecule has 0 fully saturated rings. The number of nitrogen functional groups attached to an aromatic ring is 1. The Morgan fingerprint density at radius 3 is 2.60 bits per heavy atom. The molecule has 2 rings (SSSR count). The summed E-state index contributed by atoms with van der Waals surface area (Å²) in [6.45, 7) is 0. The highest BCUT2D eigenvalue weighted by Gasteiger charge is 2.22. The van der Waals surface area contributed by atoms with Crippen molar-refractivity contribution in [3.05, 3.63) is 24.5 Å². The fourth-order valence-corrected chi connectivity index (χ4v) is 3.45. The first-order valence-corrected chi connectivity index (χ1v) is 7.92. The molecule has 9 heteroatoms. The van der Waals surface area contributed by atoms with Gasteiger partial charge in [0, 0.05) is 26.0 Å². The number of aryl methyl sites for hydroxylation is 1. The SMILES string of the molecule is CN(C)S(=O)(=O)c1cccc(Sc2ncnn2C)c1N. The molecule has 0 aliphatic carbocycles. The molecule has 1 aromatic heterocycles. The summed E-state index contributed by atoms with van der Waals surface area (Å²) in [6.07, 6.45) is 1.43. The molecule has 20 heavy (non-hydrogen) atoms. The molecule has 0 unspecified atom stereocenters. The smallest absolute Gasteiger partial charge is 0.244 e. The highest BCUT2D eigenvalue weighted by molar-refractivity contribution is 7.99. The molecule has 0 bridgehead atoms. The molecule has 108 valence electrons. The first-order valence-electron chi connectivity index (χ1n) is 5.67. The third kappa shape index (κ3) is 2.65. The van der Waals surface area contributed by atoms with Gasteiger partial charge in [0.1, 0.15) is 11.2 Å². The van der Waals surface area contributed by atoms with E-state index in [9.17, 15) is 8.42 Å². The molecule has 0 radical (unpaired) electrons. The van der Waals surface area contributed by atoms with E-state index in [1.165, 1.54) is 38.3 Å². The number of nitrogens with zero attached hydrogens (tertiary/aromatic N) is 4. The van der Waals surface area contributed by atoms with Gasteiger partial charge in [0.15, 0.2) is 5.16 Å². The van der Waals surface area contributed by atoms with Crippen LogP contribution in [0.25, 0.3) is 0 Å². The lowest BCUT2D eigenvalue weighted by Gasteiger charge is -2.15. The summed E-state index contributed by atoms with van der Waals surface area (Å²) >= 11 is 1.27. The quantitative estimate of drug-likeness (QED) is 0.839. The predicted octanol–water partition coefficient (Wildman–Crippen LogP) is 0.799. The first kappa shape index (κ1) is 14.8. The Bertz CT molecular complexity index is 724. The highest BCUT2D eigenvalue weighted by atomic mass is 32.2. The number of aromatic nitrogens is 3. The number of sulfonamides is 1. The third-order valence-corrected chi connectivity index (χ3v) is 5.66. The predicted molar refractivity (Wildman–Crippen MR) is 76.9 cm³/mol. The van der Waals surface area contributed by atoms with Crippen molar-refractivity contribution in [2.45, 2.75) is 14.9 Å². The van der Waals surface area contributed by atoms with E-state index in [2.05, 4.69) is 10.1 Å². The zero-order valence-corrected chi connectivity index (χ0v) is 12.9. The molecule has 7 nitrogen and oxygen atoms in total. The van der Waals surface area contributed by atoms with Gasteiger partial charge in [0.2, 0.25) is 10.0 Å². The lowest BCUT2D eigenvalue weighted by Crippen LogP contribution is -2.23. The van der Waals surface area contributed by atoms with Crippen LogP contribution in [-0.2, 0) is 17.1 Å². The molecule has 0 amide bonds. The summed E-state index contributed by atoms with van der Waals surface area (Å²) in [5.41, 5.74) is 6.21. The lowest BCUT2D eigenvalue weighted by molar-refractivity contribution is 0.521. The first-order chi connectivity index (χ1) is 9.34. The summed E-state index contributed by atoms with van der Waals surface area (Å²) in [4.78, 5) is 4.80. The zero-order chi connectivity index (χ0) is 14.9. The second-order valence-electron chi connectivity index (χ2n) is 4.22. The molecular weight excluding hydrogens is 298 g/mol. The minimum absolute atomic E-state index is 0.0923. The maximum Gasteiger partial charge on any atom is 0.244 e. The molecule has 0 saturated carbocycles. The maximum absolute atomic E-state index is 12.2. The average Bonchev–Trinajstić information content (AvgIpc) is 2.77. The average molecular weight is 313 g/mol. The number of para-hydroxylation sites is 1. The number of rotatable bonds is 4. The van der Waals surface area contributed by atoms with E-state index in [-0.39, 0.29) is 10.6 Å². The van der Waals surface area contributed by atoms with Crippen LogP contribution < -0.4 is 5.73 Å². The summed E-state index contributed by atoms with van der Waals surface area (Å²) in [5.74, 6) is 0. The Morgan fingerprint density at radius 2 is 2.05 bits per heavy atom. The Hall–Kier alpha value is -1.58. The van der Waals surface area contributed by atoms with E-state index in [0.29, 0.717) is 10.1 Å². The zero-order valence-electron chi connectivity index (χ0n) is 11.3. The van der Waals surface area contributed by atoms with E-state index in [1.54, 1.807) is 23.9 Å².